The number of hydrogen-bond donors (Lipinski definition) is 3. The van der Waals surface area contributed by atoms with E-state index >= 15 is 0 Å². The number of rotatable bonds is 6. The molecule has 0 aliphatic carbocycles. The van der Waals surface area contributed by atoms with Gasteiger partial charge in [0.1, 0.15) is 12.1 Å². The molecule has 1 heterocycles. The van der Waals surface area contributed by atoms with Crippen molar-refractivity contribution in [1.82, 2.24) is 10.6 Å². The first kappa shape index (κ1) is 22.4. The van der Waals surface area contributed by atoms with E-state index in [1.807, 2.05) is 12.1 Å². The van der Waals surface area contributed by atoms with E-state index in [0.29, 0.717) is 25.4 Å². The molecule has 3 amide bonds. The second-order valence-electron chi connectivity index (χ2n) is 7.73. The molecule has 8 heteroatoms. The lowest BCUT2D eigenvalue weighted by Gasteiger charge is -2.19. The normalized spacial score (nSPS) is 14.0. The second-order valence-corrected chi connectivity index (χ2v) is 7.73. The van der Waals surface area contributed by atoms with Gasteiger partial charge >= 0.3 is 6.09 Å². The minimum Gasteiger partial charge on any atom is -0.444 e. The maximum atomic E-state index is 12.0. The number of ether oxygens (including phenoxy) is 2. The van der Waals surface area contributed by atoms with Gasteiger partial charge in [0.2, 0.25) is 11.8 Å². The Morgan fingerprint density at radius 3 is 2.34 bits per heavy atom. The fourth-order valence-corrected chi connectivity index (χ4v) is 2.58. The summed E-state index contributed by atoms with van der Waals surface area (Å²) in [5.41, 5.74) is 1.99. The molecule has 29 heavy (non-hydrogen) atoms. The molecular formula is C21H29N3O5. The summed E-state index contributed by atoms with van der Waals surface area (Å²) < 4.78 is 10.3. The van der Waals surface area contributed by atoms with Crippen LogP contribution in [0.2, 0.25) is 0 Å². The van der Waals surface area contributed by atoms with Gasteiger partial charge in [0, 0.05) is 18.3 Å². The van der Waals surface area contributed by atoms with Gasteiger partial charge < -0.3 is 25.4 Å². The minimum atomic E-state index is -0.644. The zero-order valence-electron chi connectivity index (χ0n) is 17.2. The first-order valence-electron chi connectivity index (χ1n) is 9.62. The van der Waals surface area contributed by atoms with Crippen LogP contribution in [-0.2, 0) is 25.6 Å². The highest BCUT2D eigenvalue weighted by atomic mass is 16.6. The Hall–Kier alpha value is -2.87. The number of nitrogens with one attached hydrogen (secondary N) is 3. The fraction of sp³-hybridized carbons (Fsp3) is 0.476. The third-order valence-corrected chi connectivity index (χ3v) is 3.97. The largest absolute Gasteiger partial charge is 0.444 e. The Labute approximate surface area is 171 Å². The predicted octanol–water partition coefficient (Wildman–Crippen LogP) is 2.50. The number of carbonyl (C=O) groups is 3. The van der Waals surface area contributed by atoms with Gasteiger partial charge in [-0.05, 0) is 51.3 Å². The molecular weight excluding hydrogens is 374 g/mol. The lowest BCUT2D eigenvalue weighted by Crippen LogP contribution is -2.37. The van der Waals surface area contributed by atoms with Crippen molar-refractivity contribution in [2.75, 3.05) is 25.1 Å². The number of amides is 3. The van der Waals surface area contributed by atoms with Crippen LogP contribution >= 0.6 is 0 Å². The van der Waals surface area contributed by atoms with Crippen molar-refractivity contribution in [2.24, 2.45) is 0 Å². The Balaban J connectivity index is 1.73. The van der Waals surface area contributed by atoms with Gasteiger partial charge in [0.05, 0.1) is 13.2 Å². The SMILES string of the molecule is CC(C)(C)OC(=O)NCC(=O)Nc1ccc(CNC(=O)C=C2CCOCC2)cc1. The molecule has 158 valence electrons. The van der Waals surface area contributed by atoms with Crippen LogP contribution in [0.1, 0.15) is 39.2 Å². The summed E-state index contributed by atoms with van der Waals surface area (Å²) in [4.78, 5) is 35.5. The third kappa shape index (κ3) is 9.25. The number of alkyl carbamates (subject to hydrolysis) is 1. The molecule has 1 aliphatic heterocycles. The molecule has 1 aliphatic rings. The summed E-state index contributed by atoms with van der Waals surface area (Å²) >= 11 is 0. The number of benzene rings is 1. The molecule has 0 atom stereocenters. The zero-order valence-corrected chi connectivity index (χ0v) is 17.2. The quantitative estimate of drug-likeness (QED) is 0.633. The fourth-order valence-electron chi connectivity index (χ4n) is 2.58. The van der Waals surface area contributed by atoms with Crippen LogP contribution in [0.4, 0.5) is 10.5 Å². The Morgan fingerprint density at radius 1 is 1.07 bits per heavy atom. The summed E-state index contributed by atoms with van der Waals surface area (Å²) in [5, 5.41) is 7.94. The van der Waals surface area contributed by atoms with Crippen LogP contribution in [0.3, 0.4) is 0 Å². The molecule has 0 saturated carbocycles. The highest BCUT2D eigenvalue weighted by molar-refractivity contribution is 5.93. The van der Waals surface area contributed by atoms with Crippen molar-refractivity contribution in [3.63, 3.8) is 0 Å². The summed E-state index contributed by atoms with van der Waals surface area (Å²) in [7, 11) is 0. The lowest BCUT2D eigenvalue weighted by atomic mass is 10.1. The first-order valence-corrected chi connectivity index (χ1v) is 9.62. The molecule has 0 aromatic heterocycles. The molecule has 1 aromatic carbocycles. The summed E-state index contributed by atoms with van der Waals surface area (Å²) in [5.74, 6) is -0.479. The molecule has 1 aromatic rings. The topological polar surface area (TPSA) is 106 Å². The highest BCUT2D eigenvalue weighted by Crippen LogP contribution is 2.13. The van der Waals surface area contributed by atoms with E-state index in [9.17, 15) is 14.4 Å². The molecule has 1 saturated heterocycles. The second kappa shape index (κ2) is 10.6. The molecule has 1 fully saturated rings. The molecule has 0 radical (unpaired) electrons. The summed E-state index contributed by atoms with van der Waals surface area (Å²) in [6.45, 7) is 6.79. The monoisotopic (exact) mass is 403 g/mol. The van der Waals surface area contributed by atoms with Gasteiger partial charge in [0.15, 0.2) is 0 Å². The lowest BCUT2D eigenvalue weighted by molar-refractivity contribution is -0.117. The van der Waals surface area contributed by atoms with Gasteiger partial charge in [-0.3, -0.25) is 9.59 Å². The van der Waals surface area contributed by atoms with E-state index in [-0.39, 0.29) is 18.4 Å². The van der Waals surface area contributed by atoms with Crippen molar-refractivity contribution in [1.29, 1.82) is 0 Å². The average Bonchev–Trinajstić information content (AvgIpc) is 2.65. The molecule has 2 rings (SSSR count). The van der Waals surface area contributed by atoms with Gasteiger partial charge in [0.25, 0.3) is 0 Å². The van der Waals surface area contributed by atoms with Crippen LogP contribution in [0, 0.1) is 0 Å². The maximum Gasteiger partial charge on any atom is 0.408 e. The number of anilines is 1. The van der Waals surface area contributed by atoms with E-state index in [4.69, 9.17) is 9.47 Å². The Morgan fingerprint density at radius 2 is 1.72 bits per heavy atom. The van der Waals surface area contributed by atoms with Crippen molar-refractivity contribution < 1.29 is 23.9 Å². The first-order chi connectivity index (χ1) is 13.7. The minimum absolute atomic E-state index is 0.118. The van der Waals surface area contributed by atoms with Crippen LogP contribution < -0.4 is 16.0 Å². The van der Waals surface area contributed by atoms with Gasteiger partial charge in [-0.2, -0.15) is 0 Å². The van der Waals surface area contributed by atoms with Crippen molar-refractivity contribution in [2.45, 2.75) is 45.8 Å². The molecule has 8 nitrogen and oxygen atoms in total. The molecule has 3 N–H and O–H groups in total. The smallest absolute Gasteiger partial charge is 0.408 e. The third-order valence-electron chi connectivity index (χ3n) is 3.97. The van der Waals surface area contributed by atoms with Crippen LogP contribution in [-0.4, -0.2) is 43.3 Å². The predicted molar refractivity (Wildman–Crippen MR) is 109 cm³/mol. The standard InChI is InChI=1S/C21H29N3O5/c1-21(2,3)29-20(27)23-14-19(26)24-17-6-4-16(5-7-17)13-22-18(25)12-15-8-10-28-11-9-15/h4-7,12H,8-11,13-14H2,1-3H3,(H,22,25)(H,23,27)(H,24,26). The number of carbonyl (C=O) groups excluding carboxylic acids is 3. The van der Waals surface area contributed by atoms with Crippen LogP contribution in [0.25, 0.3) is 0 Å². The average molecular weight is 403 g/mol. The molecule has 0 unspecified atom stereocenters. The van der Waals surface area contributed by atoms with E-state index in [1.54, 1.807) is 39.0 Å². The van der Waals surface area contributed by atoms with E-state index in [2.05, 4.69) is 16.0 Å². The summed E-state index contributed by atoms with van der Waals surface area (Å²) in [6, 6.07) is 7.12. The zero-order chi connectivity index (χ0) is 21.3. The van der Waals surface area contributed by atoms with Crippen molar-refractivity contribution in [3.8, 4) is 0 Å². The Bertz CT molecular complexity index is 743. The van der Waals surface area contributed by atoms with E-state index in [1.165, 1.54) is 0 Å². The molecule has 0 bridgehead atoms. The van der Waals surface area contributed by atoms with E-state index in [0.717, 1.165) is 24.0 Å². The Kier molecular flexibility index (Phi) is 8.21. The summed E-state index contributed by atoms with van der Waals surface area (Å²) in [6.07, 6.45) is 2.60. The van der Waals surface area contributed by atoms with Gasteiger partial charge in [-0.25, -0.2) is 4.79 Å². The van der Waals surface area contributed by atoms with Gasteiger partial charge in [-0.15, -0.1) is 0 Å². The molecule has 0 spiro atoms. The van der Waals surface area contributed by atoms with Crippen molar-refractivity contribution >= 4 is 23.6 Å². The van der Waals surface area contributed by atoms with Crippen molar-refractivity contribution in [3.05, 3.63) is 41.5 Å². The highest BCUT2D eigenvalue weighted by Gasteiger charge is 2.16. The van der Waals surface area contributed by atoms with E-state index < -0.39 is 11.7 Å². The van der Waals surface area contributed by atoms with Crippen LogP contribution in [0.15, 0.2) is 35.9 Å². The maximum absolute atomic E-state index is 12.0. The van der Waals surface area contributed by atoms with Gasteiger partial charge in [-0.1, -0.05) is 17.7 Å². The number of hydrogen-bond acceptors (Lipinski definition) is 5. The van der Waals surface area contributed by atoms with Crippen LogP contribution in [0.5, 0.6) is 0 Å².